The lowest BCUT2D eigenvalue weighted by Gasteiger charge is -2.44. The molecule has 5 nitrogen and oxygen atoms in total. The summed E-state index contributed by atoms with van der Waals surface area (Å²) in [6.07, 6.45) is 7.97. The molecule has 0 saturated heterocycles. The Morgan fingerprint density at radius 2 is 1.90 bits per heavy atom. The molecule has 1 aliphatic heterocycles. The lowest BCUT2D eigenvalue weighted by Crippen LogP contribution is -2.48. The van der Waals surface area contributed by atoms with Crippen molar-refractivity contribution in [2.75, 3.05) is 24.6 Å². The number of ether oxygens (including phenoxy) is 1. The van der Waals surface area contributed by atoms with Gasteiger partial charge < -0.3 is 9.64 Å². The number of fused-ring (bicyclic) bond motifs is 3. The first kappa shape index (κ1) is 29.3. The molecule has 7 heteroatoms. The summed E-state index contributed by atoms with van der Waals surface area (Å²) in [4.78, 5) is 15.6. The van der Waals surface area contributed by atoms with Gasteiger partial charge in [-0.2, -0.15) is 0 Å². The van der Waals surface area contributed by atoms with E-state index >= 15 is 0 Å². The second-order valence-corrected chi connectivity index (χ2v) is 14.9. The lowest BCUT2D eigenvalue weighted by molar-refractivity contribution is 0.0982. The van der Waals surface area contributed by atoms with E-state index in [1.54, 1.807) is 6.07 Å². The molecular formula is C35H41ClN2O3S. The third kappa shape index (κ3) is 6.12. The fourth-order valence-electron chi connectivity index (χ4n) is 7.06. The molecule has 1 fully saturated rings. The van der Waals surface area contributed by atoms with Gasteiger partial charge in [0.05, 0.1) is 12.3 Å². The number of amides is 1. The number of anilines is 1. The monoisotopic (exact) mass is 604 g/mol. The van der Waals surface area contributed by atoms with E-state index in [1.807, 2.05) is 32.0 Å². The van der Waals surface area contributed by atoms with Crippen molar-refractivity contribution in [3.8, 4) is 5.75 Å². The summed E-state index contributed by atoms with van der Waals surface area (Å²) < 4.78 is 21.7. The highest BCUT2D eigenvalue weighted by Gasteiger charge is 2.43. The molecule has 1 saturated carbocycles. The van der Waals surface area contributed by atoms with Crippen LogP contribution in [0.25, 0.3) is 0 Å². The van der Waals surface area contributed by atoms with Gasteiger partial charge in [-0.1, -0.05) is 48.0 Å². The van der Waals surface area contributed by atoms with Gasteiger partial charge in [-0.25, -0.2) is 4.21 Å². The molecule has 3 aromatic rings. The van der Waals surface area contributed by atoms with Crippen molar-refractivity contribution in [2.24, 2.45) is 11.8 Å². The zero-order valence-electron chi connectivity index (χ0n) is 24.6. The summed E-state index contributed by atoms with van der Waals surface area (Å²) in [7, 11) is -1.43. The Morgan fingerprint density at radius 3 is 2.67 bits per heavy atom. The number of hydrogen-bond donors (Lipinski definition) is 1. The van der Waals surface area contributed by atoms with Crippen LogP contribution in [0.1, 0.15) is 73.0 Å². The Hall–Kier alpha value is -2.83. The molecule has 0 radical (unpaired) electrons. The molecule has 0 aromatic heterocycles. The van der Waals surface area contributed by atoms with Gasteiger partial charge in [0.1, 0.15) is 16.7 Å². The highest BCUT2D eigenvalue weighted by molar-refractivity contribution is 7.84. The summed E-state index contributed by atoms with van der Waals surface area (Å²) in [6, 6.07) is 22.8. The van der Waals surface area contributed by atoms with E-state index in [0.717, 1.165) is 55.2 Å². The van der Waals surface area contributed by atoms with Crippen LogP contribution in [0, 0.1) is 11.8 Å². The van der Waals surface area contributed by atoms with Crippen molar-refractivity contribution >= 4 is 34.2 Å². The number of carbonyl (C=O) groups is 1. The number of rotatable bonds is 8. The first-order valence-electron chi connectivity index (χ1n) is 15.4. The SMILES string of the molecule is CC(C)S(=O)NC(=O)c1ccc2c(c1)N(CC1CCC1CCc1ccccc1)CC1(CCCc3cc(Cl)ccc31)CO2. The highest BCUT2D eigenvalue weighted by Crippen LogP contribution is 2.46. The van der Waals surface area contributed by atoms with E-state index in [2.05, 4.69) is 52.1 Å². The van der Waals surface area contributed by atoms with Gasteiger partial charge in [-0.15, -0.1) is 0 Å². The first-order valence-corrected chi connectivity index (χ1v) is 17.0. The molecule has 0 bridgehead atoms. The fraction of sp³-hybridized carbons (Fsp3) is 0.457. The molecule has 1 N–H and O–H groups in total. The Kier molecular flexibility index (Phi) is 8.65. The molecule has 222 valence electrons. The van der Waals surface area contributed by atoms with E-state index in [1.165, 1.54) is 36.0 Å². The molecule has 4 unspecified atom stereocenters. The number of halogens is 1. The summed E-state index contributed by atoms with van der Waals surface area (Å²) >= 11 is 6.42. The van der Waals surface area contributed by atoms with Crippen molar-refractivity contribution in [2.45, 2.75) is 69.5 Å². The zero-order valence-corrected chi connectivity index (χ0v) is 26.2. The Morgan fingerprint density at radius 1 is 1.10 bits per heavy atom. The smallest absolute Gasteiger partial charge is 0.263 e. The molecule has 42 heavy (non-hydrogen) atoms. The molecule has 2 aliphatic carbocycles. The van der Waals surface area contributed by atoms with Crippen LogP contribution in [0.5, 0.6) is 5.75 Å². The Labute approximate surface area is 257 Å². The van der Waals surface area contributed by atoms with Crippen LogP contribution in [-0.2, 0) is 29.2 Å². The quantitative estimate of drug-likeness (QED) is 0.294. The summed E-state index contributed by atoms with van der Waals surface area (Å²) in [6.45, 7) is 6.04. The van der Waals surface area contributed by atoms with Crippen molar-refractivity contribution in [3.05, 3.63) is 94.0 Å². The number of hydrogen-bond acceptors (Lipinski definition) is 4. The molecule has 1 spiro atoms. The number of nitrogens with zero attached hydrogens (tertiary/aromatic N) is 1. The van der Waals surface area contributed by atoms with Crippen LogP contribution >= 0.6 is 11.6 Å². The second kappa shape index (κ2) is 12.4. The molecule has 3 aliphatic rings. The summed E-state index contributed by atoms with van der Waals surface area (Å²) in [5.74, 6) is 1.78. The minimum absolute atomic E-state index is 0.151. The van der Waals surface area contributed by atoms with Crippen LogP contribution in [0.4, 0.5) is 5.69 Å². The molecule has 3 aromatic carbocycles. The maximum atomic E-state index is 13.1. The van der Waals surface area contributed by atoms with E-state index in [9.17, 15) is 9.00 Å². The Bertz CT molecular complexity index is 1460. The van der Waals surface area contributed by atoms with Gasteiger partial charge in [0.25, 0.3) is 5.91 Å². The summed E-state index contributed by atoms with van der Waals surface area (Å²) in [5, 5.41) is 0.631. The molecule has 1 amide bonds. The standard InChI is InChI=1S/C35H41ClN2O3S/c1-24(2)42(40)37-34(39)28-14-17-33-32(20-28)38(21-29-13-12-26(29)11-10-25-7-4-3-5-8-25)22-35(23-41-33)18-6-9-27-19-30(36)15-16-31(27)35/h3-5,7-8,14-17,19-20,24,26,29H,6,9-13,18,21-23H2,1-2H3,(H,37,39). The molecule has 4 atom stereocenters. The van der Waals surface area contributed by atoms with E-state index in [4.69, 9.17) is 16.3 Å². The fourth-order valence-corrected chi connectivity index (χ4v) is 7.79. The van der Waals surface area contributed by atoms with Crippen LogP contribution in [0.3, 0.4) is 0 Å². The molecule has 6 rings (SSSR count). The number of aryl methyl sites for hydroxylation is 2. The molecule has 1 heterocycles. The zero-order chi connectivity index (χ0) is 29.3. The third-order valence-corrected chi connectivity index (χ3v) is 11.1. The van der Waals surface area contributed by atoms with Gasteiger partial charge in [-0.05, 0) is 118 Å². The maximum absolute atomic E-state index is 13.1. The Balaban J connectivity index is 1.30. The van der Waals surface area contributed by atoms with Gasteiger partial charge in [-0.3, -0.25) is 9.52 Å². The third-order valence-electron chi connectivity index (χ3n) is 9.60. The van der Waals surface area contributed by atoms with Gasteiger partial charge >= 0.3 is 0 Å². The van der Waals surface area contributed by atoms with Crippen molar-refractivity contribution in [3.63, 3.8) is 0 Å². The van der Waals surface area contributed by atoms with Gasteiger partial charge in [0.2, 0.25) is 0 Å². The number of benzene rings is 3. The van der Waals surface area contributed by atoms with E-state index in [0.29, 0.717) is 24.0 Å². The summed E-state index contributed by atoms with van der Waals surface area (Å²) in [5.41, 5.74) is 5.39. The van der Waals surface area contributed by atoms with Gasteiger partial charge in [0, 0.05) is 34.3 Å². The maximum Gasteiger partial charge on any atom is 0.263 e. The van der Waals surface area contributed by atoms with E-state index < -0.39 is 11.0 Å². The highest BCUT2D eigenvalue weighted by atomic mass is 35.5. The average molecular weight is 605 g/mol. The van der Waals surface area contributed by atoms with Crippen LogP contribution in [0.15, 0.2) is 66.7 Å². The van der Waals surface area contributed by atoms with Crippen LogP contribution in [0.2, 0.25) is 5.02 Å². The largest absolute Gasteiger partial charge is 0.490 e. The van der Waals surface area contributed by atoms with Crippen molar-refractivity contribution in [1.29, 1.82) is 0 Å². The minimum Gasteiger partial charge on any atom is -0.490 e. The van der Waals surface area contributed by atoms with Gasteiger partial charge in [0.15, 0.2) is 0 Å². The predicted molar refractivity (Wildman–Crippen MR) is 172 cm³/mol. The number of nitrogens with one attached hydrogen (secondary N) is 1. The number of carbonyl (C=O) groups excluding carboxylic acids is 1. The van der Waals surface area contributed by atoms with Crippen LogP contribution in [-0.4, -0.2) is 35.1 Å². The van der Waals surface area contributed by atoms with Crippen LogP contribution < -0.4 is 14.4 Å². The second-order valence-electron chi connectivity index (χ2n) is 12.7. The average Bonchev–Trinajstić information content (AvgIpc) is 3.12. The molecular weight excluding hydrogens is 564 g/mol. The van der Waals surface area contributed by atoms with Crippen molar-refractivity contribution < 1.29 is 13.7 Å². The predicted octanol–water partition coefficient (Wildman–Crippen LogP) is 7.27. The topological polar surface area (TPSA) is 58.6 Å². The normalized spacial score (nSPS) is 23.8. The minimum atomic E-state index is -1.43. The van der Waals surface area contributed by atoms with Crippen molar-refractivity contribution in [1.82, 2.24) is 4.72 Å². The first-order chi connectivity index (χ1) is 20.3. The van der Waals surface area contributed by atoms with E-state index in [-0.39, 0.29) is 16.6 Å². The lowest BCUT2D eigenvalue weighted by atomic mass is 9.68.